The van der Waals surface area contributed by atoms with Crippen LogP contribution in [0.2, 0.25) is 0 Å². The lowest BCUT2D eigenvalue weighted by Crippen LogP contribution is -2.31. The normalized spacial score (nSPS) is 10.9. The summed E-state index contributed by atoms with van der Waals surface area (Å²) in [4.78, 5) is 6.89. The molecule has 0 saturated carbocycles. The molecule has 1 aromatic rings. The van der Waals surface area contributed by atoms with Crippen LogP contribution in [-0.4, -0.2) is 24.6 Å². The molecule has 0 bridgehead atoms. The minimum Gasteiger partial charge on any atom is -0.354 e. The fraction of sp³-hybridized carbons (Fsp3) is 0.615. The van der Waals surface area contributed by atoms with Gasteiger partial charge >= 0.3 is 0 Å². The fourth-order valence-corrected chi connectivity index (χ4v) is 1.99. The second-order valence-corrected chi connectivity index (χ2v) is 4.39. The molecule has 0 unspecified atom stereocenters. The molecule has 0 aliphatic rings. The van der Waals surface area contributed by atoms with Crippen LogP contribution in [0.25, 0.3) is 0 Å². The Morgan fingerprint density at radius 2 is 2.12 bits per heavy atom. The first-order valence-electron chi connectivity index (χ1n) is 5.96. The first-order valence-corrected chi connectivity index (χ1v) is 5.96. The van der Waals surface area contributed by atoms with Crippen molar-refractivity contribution in [2.75, 3.05) is 18.5 Å². The first kappa shape index (κ1) is 13.0. The molecule has 1 N–H and O–H groups in total. The number of hydrogen-bond acceptors (Lipinski definition) is 3. The predicted octanol–water partition coefficient (Wildman–Crippen LogP) is 2.34. The largest absolute Gasteiger partial charge is 0.354 e. The van der Waals surface area contributed by atoms with Gasteiger partial charge in [0.25, 0.3) is 0 Å². The maximum absolute atomic E-state index is 4.58. The van der Waals surface area contributed by atoms with Gasteiger partial charge in [0.1, 0.15) is 5.82 Å². The fourth-order valence-electron chi connectivity index (χ4n) is 1.99. The van der Waals surface area contributed by atoms with E-state index in [1.54, 1.807) is 0 Å². The van der Waals surface area contributed by atoms with E-state index in [0.717, 1.165) is 18.9 Å². The highest BCUT2D eigenvalue weighted by Crippen LogP contribution is 2.19. The first-order chi connectivity index (χ1) is 7.60. The van der Waals surface area contributed by atoms with E-state index in [2.05, 4.69) is 49.0 Å². The Bertz CT molecular complexity index is 334. The molecule has 3 heteroatoms. The second kappa shape index (κ2) is 5.85. The number of nitrogens with one attached hydrogen (secondary N) is 1. The third kappa shape index (κ3) is 2.95. The van der Waals surface area contributed by atoms with Crippen LogP contribution >= 0.6 is 0 Å². The van der Waals surface area contributed by atoms with E-state index in [1.165, 1.54) is 11.1 Å². The van der Waals surface area contributed by atoms with Crippen LogP contribution in [0, 0.1) is 6.92 Å². The van der Waals surface area contributed by atoms with Crippen LogP contribution < -0.4 is 10.2 Å². The summed E-state index contributed by atoms with van der Waals surface area (Å²) in [6.07, 6.45) is 1.96. The molecular weight excluding hydrogens is 198 g/mol. The van der Waals surface area contributed by atoms with Gasteiger partial charge in [0, 0.05) is 25.3 Å². The van der Waals surface area contributed by atoms with Crippen LogP contribution in [0.5, 0.6) is 0 Å². The zero-order valence-corrected chi connectivity index (χ0v) is 11.0. The summed E-state index contributed by atoms with van der Waals surface area (Å²) in [5.74, 6) is 1.11. The zero-order valence-electron chi connectivity index (χ0n) is 11.0. The number of pyridine rings is 1. The van der Waals surface area contributed by atoms with Crippen molar-refractivity contribution in [3.63, 3.8) is 0 Å². The van der Waals surface area contributed by atoms with Crippen LogP contribution in [-0.2, 0) is 6.54 Å². The number of rotatable bonds is 5. The number of aromatic nitrogens is 1. The maximum atomic E-state index is 4.58. The molecule has 0 fully saturated rings. The van der Waals surface area contributed by atoms with Crippen molar-refractivity contribution in [3.05, 3.63) is 23.4 Å². The van der Waals surface area contributed by atoms with E-state index in [9.17, 15) is 0 Å². The topological polar surface area (TPSA) is 28.2 Å². The molecule has 0 aliphatic carbocycles. The lowest BCUT2D eigenvalue weighted by atomic mass is 10.1. The van der Waals surface area contributed by atoms with Crippen molar-refractivity contribution in [1.82, 2.24) is 10.3 Å². The summed E-state index contributed by atoms with van der Waals surface area (Å²) in [7, 11) is 1.95. The Hall–Kier alpha value is -1.09. The van der Waals surface area contributed by atoms with E-state index in [0.29, 0.717) is 6.04 Å². The van der Waals surface area contributed by atoms with Crippen molar-refractivity contribution in [3.8, 4) is 0 Å². The van der Waals surface area contributed by atoms with Crippen LogP contribution in [0.1, 0.15) is 31.9 Å². The van der Waals surface area contributed by atoms with Crippen molar-refractivity contribution in [1.29, 1.82) is 0 Å². The molecule has 90 valence electrons. The van der Waals surface area contributed by atoms with Gasteiger partial charge in [-0.15, -0.1) is 0 Å². The molecule has 1 heterocycles. The van der Waals surface area contributed by atoms with E-state index < -0.39 is 0 Å². The van der Waals surface area contributed by atoms with Gasteiger partial charge in [-0.3, -0.25) is 0 Å². The molecule has 0 aromatic carbocycles. The van der Waals surface area contributed by atoms with Crippen molar-refractivity contribution in [2.45, 2.75) is 40.3 Å². The Kier molecular flexibility index (Phi) is 4.74. The number of aryl methyl sites for hydroxylation is 1. The molecule has 1 rings (SSSR count). The molecule has 0 amide bonds. The summed E-state index contributed by atoms with van der Waals surface area (Å²) in [5, 5.41) is 3.14. The molecule has 0 saturated heterocycles. The SMILES string of the molecule is CCN(c1ncc(CNC)cc1C)C(C)C. The summed E-state index contributed by atoms with van der Waals surface area (Å²) >= 11 is 0. The van der Waals surface area contributed by atoms with Crippen molar-refractivity contribution < 1.29 is 0 Å². The molecule has 1 aromatic heterocycles. The average molecular weight is 221 g/mol. The highest BCUT2D eigenvalue weighted by molar-refractivity contribution is 5.47. The zero-order chi connectivity index (χ0) is 12.1. The van der Waals surface area contributed by atoms with Crippen molar-refractivity contribution >= 4 is 5.82 Å². The van der Waals surface area contributed by atoms with Crippen molar-refractivity contribution in [2.24, 2.45) is 0 Å². The summed E-state index contributed by atoms with van der Waals surface area (Å²) in [5.41, 5.74) is 2.49. The van der Waals surface area contributed by atoms with Gasteiger partial charge in [-0.05, 0) is 51.9 Å². The van der Waals surface area contributed by atoms with Crippen LogP contribution in [0.3, 0.4) is 0 Å². The lowest BCUT2D eigenvalue weighted by Gasteiger charge is -2.28. The minimum absolute atomic E-state index is 0.492. The molecule has 0 spiro atoms. The Morgan fingerprint density at radius 3 is 2.56 bits per heavy atom. The van der Waals surface area contributed by atoms with Crippen LogP contribution in [0.15, 0.2) is 12.3 Å². The molecule has 0 aliphatic heterocycles. The Morgan fingerprint density at radius 1 is 1.44 bits per heavy atom. The van der Waals surface area contributed by atoms with Crippen LogP contribution in [0.4, 0.5) is 5.82 Å². The molecular formula is C13H23N3. The predicted molar refractivity (Wildman–Crippen MR) is 69.9 cm³/mol. The van der Waals surface area contributed by atoms with Gasteiger partial charge in [0.05, 0.1) is 0 Å². The maximum Gasteiger partial charge on any atom is 0.131 e. The molecule has 0 atom stereocenters. The van der Waals surface area contributed by atoms with E-state index >= 15 is 0 Å². The smallest absolute Gasteiger partial charge is 0.131 e. The summed E-state index contributed by atoms with van der Waals surface area (Å²) in [6.45, 7) is 10.6. The Balaban J connectivity index is 2.97. The number of hydrogen-bond donors (Lipinski definition) is 1. The van der Waals surface area contributed by atoms with Gasteiger partial charge in [0.15, 0.2) is 0 Å². The number of anilines is 1. The van der Waals surface area contributed by atoms with Gasteiger partial charge < -0.3 is 10.2 Å². The summed E-state index contributed by atoms with van der Waals surface area (Å²) in [6, 6.07) is 2.70. The summed E-state index contributed by atoms with van der Waals surface area (Å²) < 4.78 is 0. The van der Waals surface area contributed by atoms with E-state index in [1.807, 2.05) is 13.2 Å². The van der Waals surface area contributed by atoms with Gasteiger partial charge in [0.2, 0.25) is 0 Å². The third-order valence-corrected chi connectivity index (χ3v) is 2.72. The minimum atomic E-state index is 0.492. The average Bonchev–Trinajstić information content (AvgIpc) is 2.22. The molecule has 16 heavy (non-hydrogen) atoms. The number of nitrogens with zero attached hydrogens (tertiary/aromatic N) is 2. The molecule has 3 nitrogen and oxygen atoms in total. The lowest BCUT2D eigenvalue weighted by molar-refractivity contribution is 0.689. The van der Waals surface area contributed by atoms with Gasteiger partial charge in [-0.1, -0.05) is 0 Å². The van der Waals surface area contributed by atoms with E-state index in [-0.39, 0.29) is 0 Å². The molecule has 0 radical (unpaired) electrons. The monoisotopic (exact) mass is 221 g/mol. The highest BCUT2D eigenvalue weighted by atomic mass is 15.2. The third-order valence-electron chi connectivity index (χ3n) is 2.72. The quantitative estimate of drug-likeness (QED) is 0.827. The van der Waals surface area contributed by atoms with Gasteiger partial charge in [-0.2, -0.15) is 0 Å². The second-order valence-electron chi connectivity index (χ2n) is 4.39. The van der Waals surface area contributed by atoms with E-state index in [4.69, 9.17) is 0 Å². The van der Waals surface area contributed by atoms with Gasteiger partial charge in [-0.25, -0.2) is 4.98 Å². The Labute approximate surface area is 98.9 Å². The highest BCUT2D eigenvalue weighted by Gasteiger charge is 2.12. The standard InChI is InChI=1S/C13H23N3/c1-6-16(10(2)3)13-11(4)7-12(8-14-5)9-15-13/h7,9-10,14H,6,8H2,1-5H3.